The third-order valence-electron chi connectivity index (χ3n) is 5.67. The topological polar surface area (TPSA) is 67.9 Å². The van der Waals surface area contributed by atoms with Gasteiger partial charge in [-0.15, -0.1) is 11.3 Å². The SMILES string of the molecule is O=C(NCC(=O)N1CCC[C@@H]1c1ccc2c(c1)OCCO2)c1sc2ccccc2c1Cl. The molecule has 160 valence electrons. The number of ether oxygens (including phenoxy) is 2. The summed E-state index contributed by atoms with van der Waals surface area (Å²) in [5, 5.41) is 4.03. The molecule has 31 heavy (non-hydrogen) atoms. The van der Waals surface area contributed by atoms with Crippen molar-refractivity contribution in [2.45, 2.75) is 18.9 Å². The van der Waals surface area contributed by atoms with Crippen LogP contribution in [-0.2, 0) is 4.79 Å². The fourth-order valence-electron chi connectivity index (χ4n) is 4.18. The largest absolute Gasteiger partial charge is 0.486 e. The maximum atomic E-state index is 12.9. The second-order valence-electron chi connectivity index (χ2n) is 7.57. The molecule has 0 aliphatic carbocycles. The number of fused-ring (bicyclic) bond motifs is 2. The summed E-state index contributed by atoms with van der Waals surface area (Å²) in [7, 11) is 0. The summed E-state index contributed by atoms with van der Waals surface area (Å²) in [4.78, 5) is 27.9. The van der Waals surface area contributed by atoms with Crippen LogP contribution >= 0.6 is 22.9 Å². The molecule has 2 aliphatic heterocycles. The van der Waals surface area contributed by atoms with Crippen molar-refractivity contribution in [3.63, 3.8) is 0 Å². The van der Waals surface area contributed by atoms with Crippen molar-refractivity contribution in [3.05, 3.63) is 57.9 Å². The Balaban J connectivity index is 1.27. The van der Waals surface area contributed by atoms with Crippen molar-refractivity contribution in [2.75, 3.05) is 26.3 Å². The number of halogens is 1. The number of nitrogens with one attached hydrogen (secondary N) is 1. The van der Waals surface area contributed by atoms with Gasteiger partial charge in [0.2, 0.25) is 5.91 Å². The van der Waals surface area contributed by atoms with Gasteiger partial charge < -0.3 is 19.7 Å². The van der Waals surface area contributed by atoms with Gasteiger partial charge in [-0.2, -0.15) is 0 Å². The maximum Gasteiger partial charge on any atom is 0.263 e. The first kappa shape index (κ1) is 20.2. The number of carbonyl (C=O) groups is 2. The lowest BCUT2D eigenvalue weighted by Crippen LogP contribution is -2.39. The number of thiophene rings is 1. The molecule has 3 heterocycles. The van der Waals surface area contributed by atoms with E-state index in [1.54, 1.807) is 0 Å². The Labute approximate surface area is 188 Å². The average Bonchev–Trinajstić information content (AvgIpc) is 3.42. The number of amides is 2. The number of hydrogen-bond acceptors (Lipinski definition) is 5. The van der Waals surface area contributed by atoms with Crippen LogP contribution in [0.4, 0.5) is 0 Å². The van der Waals surface area contributed by atoms with Crippen LogP contribution in [0.15, 0.2) is 42.5 Å². The summed E-state index contributed by atoms with van der Waals surface area (Å²) in [6.07, 6.45) is 1.79. The minimum absolute atomic E-state index is 0.0341. The third kappa shape index (κ3) is 3.83. The minimum atomic E-state index is -0.324. The number of benzene rings is 2. The van der Waals surface area contributed by atoms with Gasteiger partial charge in [0, 0.05) is 16.6 Å². The predicted molar refractivity (Wildman–Crippen MR) is 120 cm³/mol. The van der Waals surface area contributed by atoms with E-state index in [-0.39, 0.29) is 24.4 Å². The Morgan fingerprint density at radius 2 is 1.94 bits per heavy atom. The Morgan fingerprint density at radius 1 is 1.13 bits per heavy atom. The lowest BCUT2D eigenvalue weighted by Gasteiger charge is -2.27. The average molecular weight is 457 g/mol. The standard InChI is InChI=1S/C23H21ClN2O4S/c24-21-15-4-1-2-6-19(15)31-22(21)23(28)25-13-20(27)26-9-3-5-16(26)14-7-8-17-18(12-14)30-11-10-29-17/h1-2,4,6-8,12,16H,3,5,9-11,13H2,(H,25,28)/t16-/m1/s1. The van der Waals surface area contributed by atoms with Crippen molar-refractivity contribution < 1.29 is 19.1 Å². The first-order chi connectivity index (χ1) is 15.1. The molecule has 8 heteroatoms. The zero-order chi connectivity index (χ0) is 21.4. The molecule has 1 N–H and O–H groups in total. The molecule has 1 atom stereocenters. The smallest absolute Gasteiger partial charge is 0.263 e. The van der Waals surface area contributed by atoms with E-state index in [0.29, 0.717) is 29.7 Å². The highest BCUT2D eigenvalue weighted by Gasteiger charge is 2.31. The van der Waals surface area contributed by atoms with Gasteiger partial charge in [0.1, 0.15) is 18.1 Å². The van der Waals surface area contributed by atoms with E-state index in [9.17, 15) is 9.59 Å². The van der Waals surface area contributed by atoms with Gasteiger partial charge in [0.05, 0.1) is 17.6 Å². The van der Waals surface area contributed by atoms with E-state index >= 15 is 0 Å². The van der Waals surface area contributed by atoms with E-state index in [4.69, 9.17) is 21.1 Å². The van der Waals surface area contributed by atoms with Crippen LogP contribution in [0.3, 0.4) is 0 Å². The summed E-state index contributed by atoms with van der Waals surface area (Å²) in [5.74, 6) is 1.02. The molecule has 1 fully saturated rings. The summed E-state index contributed by atoms with van der Waals surface area (Å²) in [6.45, 7) is 1.67. The molecule has 0 spiro atoms. The molecule has 0 saturated carbocycles. The maximum absolute atomic E-state index is 12.9. The Kier molecular flexibility index (Phi) is 5.46. The zero-order valence-electron chi connectivity index (χ0n) is 16.7. The highest BCUT2D eigenvalue weighted by molar-refractivity contribution is 7.21. The van der Waals surface area contributed by atoms with Gasteiger partial charge in [0.15, 0.2) is 11.5 Å². The summed E-state index contributed by atoms with van der Waals surface area (Å²) < 4.78 is 12.2. The molecular weight excluding hydrogens is 436 g/mol. The van der Waals surface area contributed by atoms with Crippen molar-refractivity contribution in [1.29, 1.82) is 0 Å². The zero-order valence-corrected chi connectivity index (χ0v) is 18.3. The number of likely N-dealkylation sites (tertiary alicyclic amines) is 1. The van der Waals surface area contributed by atoms with E-state index in [1.807, 2.05) is 47.4 Å². The molecule has 3 aromatic rings. The lowest BCUT2D eigenvalue weighted by atomic mass is 10.0. The highest BCUT2D eigenvalue weighted by Crippen LogP contribution is 2.38. The van der Waals surface area contributed by atoms with Gasteiger partial charge in [-0.25, -0.2) is 0 Å². The van der Waals surface area contributed by atoms with Crippen molar-refractivity contribution in [3.8, 4) is 11.5 Å². The van der Waals surface area contributed by atoms with Gasteiger partial charge in [-0.05, 0) is 36.6 Å². The fraction of sp³-hybridized carbons (Fsp3) is 0.304. The molecule has 5 rings (SSSR count). The quantitative estimate of drug-likeness (QED) is 0.631. The molecule has 2 aliphatic rings. The van der Waals surface area contributed by atoms with Crippen LogP contribution in [0.1, 0.15) is 34.1 Å². The van der Waals surface area contributed by atoms with Crippen LogP contribution in [0.5, 0.6) is 11.5 Å². The molecule has 0 unspecified atom stereocenters. The number of carbonyl (C=O) groups excluding carboxylic acids is 2. The lowest BCUT2D eigenvalue weighted by molar-refractivity contribution is -0.131. The predicted octanol–water partition coefficient (Wildman–Crippen LogP) is 4.42. The van der Waals surface area contributed by atoms with E-state index < -0.39 is 0 Å². The second-order valence-corrected chi connectivity index (χ2v) is 9.00. The van der Waals surface area contributed by atoms with Crippen molar-refractivity contribution in [1.82, 2.24) is 10.2 Å². The van der Waals surface area contributed by atoms with E-state index in [2.05, 4.69) is 5.32 Å². The second kappa shape index (κ2) is 8.40. The number of nitrogens with zero attached hydrogens (tertiary/aromatic N) is 1. The highest BCUT2D eigenvalue weighted by atomic mass is 35.5. The molecule has 1 aromatic heterocycles. The molecule has 6 nitrogen and oxygen atoms in total. The van der Waals surface area contributed by atoms with Gasteiger partial charge >= 0.3 is 0 Å². The van der Waals surface area contributed by atoms with E-state index in [1.165, 1.54) is 11.3 Å². The van der Waals surface area contributed by atoms with Crippen LogP contribution in [-0.4, -0.2) is 43.0 Å². The van der Waals surface area contributed by atoms with Crippen LogP contribution in [0.25, 0.3) is 10.1 Å². The third-order valence-corrected chi connectivity index (χ3v) is 7.34. The Bertz CT molecular complexity index is 1160. The molecular formula is C23H21ClN2O4S. The molecule has 1 saturated heterocycles. The van der Waals surface area contributed by atoms with Crippen LogP contribution in [0, 0.1) is 0 Å². The summed E-state index contributed by atoms with van der Waals surface area (Å²) in [6, 6.07) is 13.4. The first-order valence-corrected chi connectivity index (χ1v) is 11.5. The molecule has 0 bridgehead atoms. The van der Waals surface area contributed by atoms with Gasteiger partial charge in [-0.1, -0.05) is 35.9 Å². The monoisotopic (exact) mass is 456 g/mol. The summed E-state index contributed by atoms with van der Waals surface area (Å²) in [5.41, 5.74) is 1.02. The first-order valence-electron chi connectivity index (χ1n) is 10.3. The van der Waals surface area contributed by atoms with Crippen molar-refractivity contribution in [2.24, 2.45) is 0 Å². The number of rotatable bonds is 4. The summed E-state index contributed by atoms with van der Waals surface area (Å²) >= 11 is 7.72. The molecule has 0 radical (unpaired) electrons. The molecule has 2 aromatic carbocycles. The molecule has 2 amide bonds. The Morgan fingerprint density at radius 3 is 2.77 bits per heavy atom. The van der Waals surface area contributed by atoms with Crippen LogP contribution in [0.2, 0.25) is 5.02 Å². The van der Waals surface area contributed by atoms with E-state index in [0.717, 1.165) is 40.0 Å². The van der Waals surface area contributed by atoms with Crippen molar-refractivity contribution >= 4 is 44.8 Å². The van der Waals surface area contributed by atoms with Gasteiger partial charge in [-0.3, -0.25) is 9.59 Å². The minimum Gasteiger partial charge on any atom is -0.486 e. The Hall–Kier alpha value is -2.77. The number of hydrogen-bond donors (Lipinski definition) is 1. The fourth-order valence-corrected chi connectivity index (χ4v) is 5.61. The van der Waals surface area contributed by atoms with Crippen LogP contribution < -0.4 is 14.8 Å². The normalized spacial score (nSPS) is 17.7. The van der Waals surface area contributed by atoms with Gasteiger partial charge in [0.25, 0.3) is 5.91 Å².